The number of ether oxygens (including phenoxy) is 3. The Morgan fingerprint density at radius 1 is 1.00 bits per heavy atom. The van der Waals surface area contributed by atoms with Crippen LogP contribution in [-0.4, -0.2) is 51.3 Å². The van der Waals surface area contributed by atoms with Crippen LogP contribution in [0, 0.1) is 0 Å². The van der Waals surface area contributed by atoms with Crippen LogP contribution < -0.4 is 19.5 Å². The fourth-order valence-corrected chi connectivity index (χ4v) is 3.90. The van der Waals surface area contributed by atoms with E-state index in [0.717, 1.165) is 19.5 Å². The van der Waals surface area contributed by atoms with Crippen molar-refractivity contribution in [2.24, 2.45) is 0 Å². The average molecular weight is 399 g/mol. The van der Waals surface area contributed by atoms with Crippen molar-refractivity contribution < 1.29 is 19.0 Å². The number of piperidine rings is 1. The molecule has 1 aliphatic rings. The Bertz CT molecular complexity index is 810. The van der Waals surface area contributed by atoms with E-state index in [0.29, 0.717) is 35.4 Å². The van der Waals surface area contributed by atoms with Gasteiger partial charge in [-0.3, -0.25) is 9.69 Å². The molecule has 1 heterocycles. The topological polar surface area (TPSA) is 60.0 Å². The summed E-state index contributed by atoms with van der Waals surface area (Å²) in [6, 6.07) is 14.2. The van der Waals surface area contributed by atoms with Crippen molar-refractivity contribution in [2.45, 2.75) is 31.8 Å². The highest BCUT2D eigenvalue weighted by Gasteiger charge is 2.25. The quantitative estimate of drug-likeness (QED) is 0.738. The second kappa shape index (κ2) is 10.2. The van der Waals surface area contributed by atoms with Gasteiger partial charge < -0.3 is 19.5 Å². The SMILES string of the molecule is COc1ccc(C(=O)NCC2CCCCN2Cc2ccccc2)c(OC)c1OC. The second-order valence-electron chi connectivity index (χ2n) is 7.20. The van der Waals surface area contributed by atoms with E-state index in [4.69, 9.17) is 14.2 Å². The monoisotopic (exact) mass is 398 g/mol. The third kappa shape index (κ3) is 5.01. The highest BCUT2D eigenvalue weighted by molar-refractivity contribution is 5.98. The van der Waals surface area contributed by atoms with Crippen LogP contribution in [0.5, 0.6) is 17.2 Å². The number of likely N-dealkylation sites (tertiary alicyclic amines) is 1. The normalized spacial score (nSPS) is 16.9. The summed E-state index contributed by atoms with van der Waals surface area (Å²) in [7, 11) is 4.61. The summed E-state index contributed by atoms with van der Waals surface area (Å²) in [5.74, 6) is 1.16. The summed E-state index contributed by atoms with van der Waals surface area (Å²) in [5.41, 5.74) is 1.74. The molecule has 1 saturated heterocycles. The van der Waals surface area contributed by atoms with E-state index in [1.807, 2.05) is 6.07 Å². The fraction of sp³-hybridized carbons (Fsp3) is 0.435. The molecule has 0 aromatic heterocycles. The molecule has 6 heteroatoms. The fourth-order valence-electron chi connectivity index (χ4n) is 3.90. The van der Waals surface area contributed by atoms with Crippen molar-refractivity contribution in [3.8, 4) is 17.2 Å². The van der Waals surface area contributed by atoms with Crippen LogP contribution in [0.3, 0.4) is 0 Å². The van der Waals surface area contributed by atoms with E-state index in [1.54, 1.807) is 19.2 Å². The molecular weight excluding hydrogens is 368 g/mol. The zero-order valence-corrected chi connectivity index (χ0v) is 17.4. The van der Waals surface area contributed by atoms with E-state index < -0.39 is 0 Å². The van der Waals surface area contributed by atoms with Gasteiger partial charge in [0.15, 0.2) is 11.5 Å². The molecule has 0 saturated carbocycles. The molecule has 0 aliphatic carbocycles. The summed E-state index contributed by atoms with van der Waals surface area (Å²) in [5, 5.41) is 3.09. The summed E-state index contributed by atoms with van der Waals surface area (Å²) < 4.78 is 16.1. The van der Waals surface area contributed by atoms with E-state index >= 15 is 0 Å². The van der Waals surface area contributed by atoms with Gasteiger partial charge in [0.1, 0.15) is 0 Å². The molecule has 0 spiro atoms. The van der Waals surface area contributed by atoms with Crippen LogP contribution in [0.25, 0.3) is 0 Å². The molecule has 156 valence electrons. The standard InChI is InChI=1S/C23H30N2O4/c1-27-20-13-12-19(21(28-2)22(20)29-3)23(26)24-15-18-11-7-8-14-25(18)16-17-9-5-4-6-10-17/h4-6,9-10,12-13,18H,7-8,11,14-16H2,1-3H3,(H,24,26). The predicted molar refractivity (Wildman–Crippen MR) is 113 cm³/mol. The summed E-state index contributed by atoms with van der Waals surface area (Å²) in [6.07, 6.45) is 3.46. The molecule has 1 amide bonds. The molecule has 2 aromatic carbocycles. The number of amides is 1. The number of carbonyl (C=O) groups is 1. The molecule has 1 atom stereocenters. The van der Waals surface area contributed by atoms with Crippen molar-refractivity contribution in [1.82, 2.24) is 10.2 Å². The van der Waals surface area contributed by atoms with Gasteiger partial charge in [-0.2, -0.15) is 0 Å². The molecule has 2 aromatic rings. The van der Waals surface area contributed by atoms with Gasteiger partial charge in [-0.15, -0.1) is 0 Å². The zero-order chi connectivity index (χ0) is 20.6. The van der Waals surface area contributed by atoms with Crippen LogP contribution in [0.2, 0.25) is 0 Å². The Morgan fingerprint density at radius 3 is 2.45 bits per heavy atom. The number of benzene rings is 2. The summed E-state index contributed by atoms with van der Waals surface area (Å²) in [4.78, 5) is 15.4. The van der Waals surface area contributed by atoms with Gasteiger partial charge in [-0.25, -0.2) is 0 Å². The third-order valence-corrected chi connectivity index (χ3v) is 5.42. The first kappa shape index (κ1) is 21.0. The number of carbonyl (C=O) groups excluding carboxylic acids is 1. The third-order valence-electron chi connectivity index (χ3n) is 5.42. The van der Waals surface area contributed by atoms with Gasteiger partial charge >= 0.3 is 0 Å². The number of nitrogens with one attached hydrogen (secondary N) is 1. The molecule has 3 rings (SSSR count). The number of rotatable bonds is 8. The van der Waals surface area contributed by atoms with Gasteiger partial charge in [-0.1, -0.05) is 36.8 Å². The Kier molecular flexibility index (Phi) is 7.36. The smallest absolute Gasteiger partial charge is 0.255 e. The van der Waals surface area contributed by atoms with E-state index in [9.17, 15) is 4.79 Å². The highest BCUT2D eigenvalue weighted by Crippen LogP contribution is 2.39. The largest absolute Gasteiger partial charge is 0.493 e. The molecule has 1 aliphatic heterocycles. The lowest BCUT2D eigenvalue weighted by molar-refractivity contribution is 0.0904. The molecule has 1 unspecified atom stereocenters. The maximum atomic E-state index is 12.9. The highest BCUT2D eigenvalue weighted by atomic mass is 16.5. The Morgan fingerprint density at radius 2 is 1.76 bits per heavy atom. The first-order valence-electron chi connectivity index (χ1n) is 10.0. The van der Waals surface area contributed by atoms with E-state index in [-0.39, 0.29) is 5.91 Å². The molecule has 0 radical (unpaired) electrons. The Balaban J connectivity index is 1.69. The Hall–Kier alpha value is -2.73. The zero-order valence-electron chi connectivity index (χ0n) is 17.4. The first-order chi connectivity index (χ1) is 14.2. The van der Waals surface area contributed by atoms with Crippen LogP contribution >= 0.6 is 0 Å². The molecule has 1 N–H and O–H groups in total. The van der Waals surface area contributed by atoms with Gasteiger partial charge in [0.05, 0.1) is 26.9 Å². The molecular formula is C23H30N2O4. The second-order valence-corrected chi connectivity index (χ2v) is 7.20. The number of methoxy groups -OCH3 is 3. The minimum atomic E-state index is -0.173. The lowest BCUT2D eigenvalue weighted by Gasteiger charge is -2.36. The minimum Gasteiger partial charge on any atom is -0.493 e. The van der Waals surface area contributed by atoms with Crippen molar-refractivity contribution in [3.05, 3.63) is 53.6 Å². The minimum absolute atomic E-state index is 0.173. The number of nitrogens with zero attached hydrogens (tertiary/aromatic N) is 1. The lowest BCUT2D eigenvalue weighted by Crippen LogP contribution is -2.46. The maximum Gasteiger partial charge on any atom is 0.255 e. The van der Waals surface area contributed by atoms with Crippen LogP contribution in [0.15, 0.2) is 42.5 Å². The predicted octanol–water partition coefficient (Wildman–Crippen LogP) is 3.50. The van der Waals surface area contributed by atoms with Gasteiger partial charge in [-0.05, 0) is 37.1 Å². The molecule has 6 nitrogen and oxygen atoms in total. The summed E-state index contributed by atoms with van der Waals surface area (Å²) >= 11 is 0. The molecule has 29 heavy (non-hydrogen) atoms. The van der Waals surface area contributed by atoms with Crippen molar-refractivity contribution in [1.29, 1.82) is 0 Å². The van der Waals surface area contributed by atoms with Crippen LogP contribution in [0.1, 0.15) is 35.2 Å². The van der Waals surface area contributed by atoms with Gasteiger partial charge in [0, 0.05) is 19.1 Å². The van der Waals surface area contributed by atoms with E-state index in [1.165, 1.54) is 32.6 Å². The van der Waals surface area contributed by atoms with Crippen molar-refractivity contribution in [3.63, 3.8) is 0 Å². The number of hydrogen-bond acceptors (Lipinski definition) is 5. The summed E-state index contributed by atoms with van der Waals surface area (Å²) in [6.45, 7) is 2.55. The van der Waals surface area contributed by atoms with Gasteiger partial charge in [0.25, 0.3) is 5.91 Å². The van der Waals surface area contributed by atoms with Crippen molar-refractivity contribution >= 4 is 5.91 Å². The van der Waals surface area contributed by atoms with Gasteiger partial charge in [0.2, 0.25) is 5.75 Å². The van der Waals surface area contributed by atoms with Crippen LogP contribution in [-0.2, 0) is 6.54 Å². The molecule has 1 fully saturated rings. The van der Waals surface area contributed by atoms with E-state index in [2.05, 4.69) is 34.5 Å². The molecule has 0 bridgehead atoms. The lowest BCUT2D eigenvalue weighted by atomic mass is 10.0. The Labute approximate surface area is 172 Å². The van der Waals surface area contributed by atoms with Crippen molar-refractivity contribution in [2.75, 3.05) is 34.4 Å². The first-order valence-corrected chi connectivity index (χ1v) is 10.0. The number of hydrogen-bond donors (Lipinski definition) is 1. The maximum absolute atomic E-state index is 12.9. The van der Waals surface area contributed by atoms with Crippen LogP contribution in [0.4, 0.5) is 0 Å². The average Bonchev–Trinajstić information content (AvgIpc) is 2.77.